The molecule has 0 spiro atoms. The quantitative estimate of drug-likeness (QED) is 0.773. The Bertz CT molecular complexity index is 420. The molecule has 1 fully saturated rings. The van der Waals surface area contributed by atoms with Crippen LogP contribution in [0.4, 0.5) is 5.82 Å². The van der Waals surface area contributed by atoms with Crippen LogP contribution in [0.25, 0.3) is 0 Å². The molecule has 2 rings (SSSR count). The zero-order chi connectivity index (χ0) is 13.3. The molecular weight excluding hydrogens is 290 g/mol. The molecule has 2 unspecified atom stereocenters. The summed E-state index contributed by atoms with van der Waals surface area (Å²) < 4.78 is 0.890. The molecule has 4 heteroatoms. The summed E-state index contributed by atoms with van der Waals surface area (Å²) in [6, 6.07) is 2.61. The molecule has 0 N–H and O–H groups in total. The molecule has 1 aromatic heterocycles. The van der Waals surface area contributed by atoms with Crippen molar-refractivity contribution in [1.29, 1.82) is 0 Å². The zero-order valence-electron chi connectivity index (χ0n) is 11.7. The van der Waals surface area contributed by atoms with E-state index >= 15 is 0 Å². The van der Waals surface area contributed by atoms with Crippen molar-refractivity contribution in [2.45, 2.75) is 52.5 Å². The Labute approximate surface area is 118 Å². The van der Waals surface area contributed by atoms with E-state index in [0.29, 0.717) is 12.0 Å². The van der Waals surface area contributed by atoms with Gasteiger partial charge in [-0.2, -0.15) is 0 Å². The minimum atomic E-state index is 0.360. The van der Waals surface area contributed by atoms with Gasteiger partial charge < -0.3 is 4.90 Å². The monoisotopic (exact) mass is 311 g/mol. The number of hydrogen-bond donors (Lipinski definition) is 0. The topological polar surface area (TPSA) is 29.0 Å². The highest BCUT2D eigenvalue weighted by molar-refractivity contribution is 9.10. The van der Waals surface area contributed by atoms with Crippen LogP contribution in [0.2, 0.25) is 0 Å². The Hall–Kier alpha value is -0.640. The van der Waals surface area contributed by atoms with E-state index in [0.717, 1.165) is 28.7 Å². The van der Waals surface area contributed by atoms with Gasteiger partial charge in [0.1, 0.15) is 16.2 Å². The van der Waals surface area contributed by atoms with Crippen LogP contribution in [-0.4, -0.2) is 22.6 Å². The third kappa shape index (κ3) is 3.02. The van der Waals surface area contributed by atoms with Gasteiger partial charge in [-0.15, -0.1) is 0 Å². The Balaban J connectivity index is 2.31. The molecule has 2 atom stereocenters. The third-order valence-electron chi connectivity index (χ3n) is 3.63. The van der Waals surface area contributed by atoms with Gasteiger partial charge in [-0.3, -0.25) is 0 Å². The predicted octanol–water partition coefficient (Wildman–Crippen LogP) is 3.99. The van der Waals surface area contributed by atoms with Crippen molar-refractivity contribution in [2.24, 2.45) is 5.92 Å². The van der Waals surface area contributed by atoms with E-state index in [1.807, 2.05) is 6.07 Å². The van der Waals surface area contributed by atoms with Gasteiger partial charge in [-0.1, -0.05) is 20.8 Å². The number of halogens is 1. The number of rotatable bonds is 2. The minimum absolute atomic E-state index is 0.360. The fourth-order valence-electron chi connectivity index (χ4n) is 2.44. The molecule has 1 aromatic rings. The van der Waals surface area contributed by atoms with Crippen molar-refractivity contribution in [2.75, 3.05) is 11.4 Å². The molecule has 0 aliphatic carbocycles. The fourth-order valence-corrected chi connectivity index (χ4v) is 2.82. The Morgan fingerprint density at radius 2 is 2.00 bits per heavy atom. The maximum atomic E-state index is 4.73. The molecule has 1 saturated heterocycles. The summed E-state index contributed by atoms with van der Waals surface area (Å²) in [5.74, 6) is 3.10. The second-order valence-electron chi connectivity index (χ2n) is 5.75. The summed E-state index contributed by atoms with van der Waals surface area (Å²) in [6.45, 7) is 9.97. The molecule has 1 aliphatic heterocycles. The van der Waals surface area contributed by atoms with Crippen molar-refractivity contribution >= 4 is 21.7 Å². The first-order valence-corrected chi connectivity index (χ1v) is 7.57. The Morgan fingerprint density at radius 1 is 1.28 bits per heavy atom. The molecule has 3 nitrogen and oxygen atoms in total. The summed E-state index contributed by atoms with van der Waals surface area (Å²) in [5.41, 5.74) is 0. The first kappa shape index (κ1) is 13.8. The van der Waals surface area contributed by atoms with Gasteiger partial charge >= 0.3 is 0 Å². The van der Waals surface area contributed by atoms with E-state index in [1.54, 1.807) is 0 Å². The predicted molar refractivity (Wildman–Crippen MR) is 79.0 cm³/mol. The fraction of sp³-hybridized carbons (Fsp3) is 0.714. The Morgan fingerprint density at radius 3 is 2.67 bits per heavy atom. The first-order chi connectivity index (χ1) is 8.47. The van der Waals surface area contributed by atoms with Crippen LogP contribution in [0.3, 0.4) is 0 Å². The number of piperidine rings is 1. The maximum absolute atomic E-state index is 4.73. The number of hydrogen-bond acceptors (Lipinski definition) is 3. The molecular formula is C14H22BrN3. The number of nitrogens with zero attached hydrogens (tertiary/aromatic N) is 3. The van der Waals surface area contributed by atoms with Crippen molar-refractivity contribution in [3.8, 4) is 0 Å². The summed E-state index contributed by atoms with van der Waals surface area (Å²) in [4.78, 5) is 11.6. The van der Waals surface area contributed by atoms with Gasteiger partial charge in [0.05, 0.1) is 0 Å². The number of anilines is 1. The summed E-state index contributed by atoms with van der Waals surface area (Å²) >= 11 is 3.51. The lowest BCUT2D eigenvalue weighted by molar-refractivity contribution is 0.387. The van der Waals surface area contributed by atoms with Crippen LogP contribution >= 0.6 is 15.9 Å². The minimum Gasteiger partial charge on any atom is -0.354 e. The van der Waals surface area contributed by atoms with Crippen molar-refractivity contribution in [1.82, 2.24) is 9.97 Å². The lowest BCUT2D eigenvalue weighted by Gasteiger charge is -2.37. The van der Waals surface area contributed by atoms with Crippen LogP contribution in [0.1, 0.15) is 52.3 Å². The van der Waals surface area contributed by atoms with Crippen molar-refractivity contribution in [3.05, 3.63) is 16.5 Å². The molecule has 100 valence electrons. The third-order valence-corrected chi connectivity index (χ3v) is 4.03. The van der Waals surface area contributed by atoms with E-state index < -0.39 is 0 Å². The molecule has 2 heterocycles. The van der Waals surface area contributed by atoms with Crippen molar-refractivity contribution < 1.29 is 0 Å². The molecule has 1 aliphatic rings. The molecule has 18 heavy (non-hydrogen) atoms. The smallest absolute Gasteiger partial charge is 0.134 e. The second kappa shape index (κ2) is 5.55. The molecule has 0 radical (unpaired) electrons. The largest absolute Gasteiger partial charge is 0.354 e. The van der Waals surface area contributed by atoms with E-state index in [1.165, 1.54) is 12.8 Å². The lowest BCUT2D eigenvalue weighted by Crippen LogP contribution is -2.41. The highest BCUT2D eigenvalue weighted by atomic mass is 79.9. The van der Waals surface area contributed by atoms with E-state index in [9.17, 15) is 0 Å². The van der Waals surface area contributed by atoms with Crippen LogP contribution in [0.5, 0.6) is 0 Å². The van der Waals surface area contributed by atoms with E-state index in [2.05, 4.69) is 53.5 Å². The molecule has 0 saturated carbocycles. The van der Waals surface area contributed by atoms with Gasteiger partial charge in [0.25, 0.3) is 0 Å². The SMILES string of the molecule is CC1CCC(C)N(c2cc(Br)nc(C(C)C)n2)C1. The van der Waals surface area contributed by atoms with Crippen LogP contribution < -0.4 is 4.90 Å². The van der Waals surface area contributed by atoms with E-state index in [4.69, 9.17) is 4.98 Å². The highest BCUT2D eigenvalue weighted by Crippen LogP contribution is 2.28. The lowest BCUT2D eigenvalue weighted by atomic mass is 9.95. The van der Waals surface area contributed by atoms with E-state index in [-0.39, 0.29) is 0 Å². The summed E-state index contributed by atoms with van der Waals surface area (Å²) in [6.07, 6.45) is 2.57. The molecule has 0 amide bonds. The standard InChI is InChI=1S/C14H22BrN3/c1-9(2)14-16-12(15)7-13(17-14)18-8-10(3)5-6-11(18)4/h7,9-11H,5-6,8H2,1-4H3. The summed E-state index contributed by atoms with van der Waals surface area (Å²) in [5, 5.41) is 0. The van der Waals surface area contributed by atoms with Gasteiger partial charge in [-0.25, -0.2) is 9.97 Å². The average molecular weight is 312 g/mol. The maximum Gasteiger partial charge on any atom is 0.134 e. The Kier molecular flexibility index (Phi) is 4.25. The second-order valence-corrected chi connectivity index (χ2v) is 6.56. The van der Waals surface area contributed by atoms with Crippen molar-refractivity contribution in [3.63, 3.8) is 0 Å². The highest BCUT2D eigenvalue weighted by Gasteiger charge is 2.24. The van der Waals surface area contributed by atoms with Crippen LogP contribution in [0.15, 0.2) is 10.7 Å². The van der Waals surface area contributed by atoms with Crippen LogP contribution in [0, 0.1) is 5.92 Å². The van der Waals surface area contributed by atoms with Gasteiger partial charge in [-0.05, 0) is 41.6 Å². The van der Waals surface area contributed by atoms with Gasteiger partial charge in [0.15, 0.2) is 0 Å². The van der Waals surface area contributed by atoms with Crippen LogP contribution in [-0.2, 0) is 0 Å². The number of aromatic nitrogens is 2. The first-order valence-electron chi connectivity index (χ1n) is 6.78. The summed E-state index contributed by atoms with van der Waals surface area (Å²) in [7, 11) is 0. The zero-order valence-corrected chi connectivity index (χ0v) is 13.2. The average Bonchev–Trinajstić information content (AvgIpc) is 2.31. The van der Waals surface area contributed by atoms with Gasteiger partial charge in [0, 0.05) is 24.6 Å². The van der Waals surface area contributed by atoms with Gasteiger partial charge in [0.2, 0.25) is 0 Å². The molecule has 0 aromatic carbocycles. The molecule has 0 bridgehead atoms. The normalized spacial score (nSPS) is 24.7.